The SMILES string of the molecule is CCCN(Cc1ccc(C)cc1)C(=O)CN1CCC(C)C1. The zero-order chi connectivity index (χ0) is 15.2. The average molecular weight is 288 g/mol. The van der Waals surface area contributed by atoms with Gasteiger partial charge in [-0.25, -0.2) is 0 Å². The molecule has 0 N–H and O–H groups in total. The van der Waals surface area contributed by atoms with Crippen molar-refractivity contribution < 1.29 is 4.79 Å². The molecule has 3 heteroatoms. The summed E-state index contributed by atoms with van der Waals surface area (Å²) in [4.78, 5) is 16.9. The first-order chi connectivity index (χ1) is 10.1. The van der Waals surface area contributed by atoms with Crippen LogP contribution in [0, 0.1) is 12.8 Å². The van der Waals surface area contributed by atoms with Crippen LogP contribution in [0.3, 0.4) is 0 Å². The highest BCUT2D eigenvalue weighted by Gasteiger charge is 2.23. The van der Waals surface area contributed by atoms with Crippen molar-refractivity contribution in [2.24, 2.45) is 5.92 Å². The minimum Gasteiger partial charge on any atom is -0.337 e. The third-order valence-electron chi connectivity index (χ3n) is 4.21. The van der Waals surface area contributed by atoms with Crippen LogP contribution in [0.1, 0.15) is 37.8 Å². The van der Waals surface area contributed by atoms with Gasteiger partial charge in [-0.1, -0.05) is 43.7 Å². The van der Waals surface area contributed by atoms with E-state index in [1.165, 1.54) is 17.5 Å². The van der Waals surface area contributed by atoms with E-state index in [0.29, 0.717) is 6.54 Å². The smallest absolute Gasteiger partial charge is 0.237 e. The molecule has 1 heterocycles. The van der Waals surface area contributed by atoms with Crippen LogP contribution in [0.5, 0.6) is 0 Å². The van der Waals surface area contributed by atoms with Crippen molar-refractivity contribution in [3.8, 4) is 0 Å². The number of likely N-dealkylation sites (tertiary alicyclic amines) is 1. The molecule has 0 saturated carbocycles. The molecular weight excluding hydrogens is 260 g/mol. The summed E-state index contributed by atoms with van der Waals surface area (Å²) < 4.78 is 0. The van der Waals surface area contributed by atoms with Gasteiger partial charge in [-0.15, -0.1) is 0 Å². The van der Waals surface area contributed by atoms with Gasteiger partial charge in [-0.05, 0) is 37.8 Å². The van der Waals surface area contributed by atoms with E-state index in [1.807, 2.05) is 4.90 Å². The fraction of sp³-hybridized carbons (Fsp3) is 0.611. The Morgan fingerprint density at radius 1 is 1.33 bits per heavy atom. The van der Waals surface area contributed by atoms with E-state index >= 15 is 0 Å². The molecule has 21 heavy (non-hydrogen) atoms. The molecule has 1 amide bonds. The van der Waals surface area contributed by atoms with Gasteiger partial charge in [-0.2, -0.15) is 0 Å². The summed E-state index contributed by atoms with van der Waals surface area (Å²) in [6.07, 6.45) is 2.23. The fourth-order valence-corrected chi connectivity index (χ4v) is 2.94. The maximum atomic E-state index is 12.6. The van der Waals surface area contributed by atoms with Gasteiger partial charge in [0.25, 0.3) is 0 Å². The second-order valence-electron chi connectivity index (χ2n) is 6.43. The highest BCUT2D eigenvalue weighted by molar-refractivity contribution is 5.78. The molecule has 1 aromatic rings. The Kier molecular flexibility index (Phi) is 5.80. The quantitative estimate of drug-likeness (QED) is 0.803. The van der Waals surface area contributed by atoms with Gasteiger partial charge < -0.3 is 4.90 Å². The van der Waals surface area contributed by atoms with Gasteiger partial charge in [0.1, 0.15) is 0 Å². The predicted octanol–water partition coefficient (Wildman–Crippen LogP) is 3.08. The number of aryl methyl sites for hydroxylation is 1. The van der Waals surface area contributed by atoms with E-state index in [9.17, 15) is 4.79 Å². The molecule has 1 atom stereocenters. The predicted molar refractivity (Wildman–Crippen MR) is 87.1 cm³/mol. The van der Waals surface area contributed by atoms with Gasteiger partial charge in [-0.3, -0.25) is 9.69 Å². The molecule has 0 bridgehead atoms. The maximum Gasteiger partial charge on any atom is 0.237 e. The van der Waals surface area contributed by atoms with E-state index in [1.54, 1.807) is 0 Å². The molecule has 3 nitrogen and oxygen atoms in total. The zero-order valence-electron chi connectivity index (χ0n) is 13.6. The molecule has 0 aliphatic carbocycles. The van der Waals surface area contributed by atoms with Crippen LogP contribution in [0.2, 0.25) is 0 Å². The Morgan fingerprint density at radius 2 is 2.05 bits per heavy atom. The lowest BCUT2D eigenvalue weighted by Crippen LogP contribution is -2.39. The molecule has 2 rings (SSSR count). The summed E-state index contributed by atoms with van der Waals surface area (Å²) >= 11 is 0. The molecule has 0 radical (unpaired) electrons. The summed E-state index contributed by atoms with van der Waals surface area (Å²) in [6.45, 7) is 10.8. The molecule has 1 saturated heterocycles. The molecule has 1 aromatic carbocycles. The van der Waals surface area contributed by atoms with Crippen LogP contribution >= 0.6 is 0 Å². The van der Waals surface area contributed by atoms with Crippen LogP contribution in [0.4, 0.5) is 0 Å². The van der Waals surface area contributed by atoms with Crippen LogP contribution in [-0.4, -0.2) is 41.9 Å². The zero-order valence-corrected chi connectivity index (χ0v) is 13.6. The highest BCUT2D eigenvalue weighted by Crippen LogP contribution is 2.15. The second kappa shape index (κ2) is 7.60. The lowest BCUT2D eigenvalue weighted by atomic mass is 10.1. The van der Waals surface area contributed by atoms with Gasteiger partial charge in [0.05, 0.1) is 6.54 Å². The van der Waals surface area contributed by atoms with E-state index in [4.69, 9.17) is 0 Å². The molecule has 116 valence electrons. The topological polar surface area (TPSA) is 23.6 Å². The minimum absolute atomic E-state index is 0.270. The monoisotopic (exact) mass is 288 g/mol. The fourth-order valence-electron chi connectivity index (χ4n) is 2.94. The Labute approximate surface area is 128 Å². The Balaban J connectivity index is 1.93. The van der Waals surface area contributed by atoms with Crippen LogP contribution in [-0.2, 0) is 11.3 Å². The standard InChI is InChI=1S/C18H28N2O/c1-4-10-20(13-17-7-5-15(2)6-8-17)18(21)14-19-11-9-16(3)12-19/h5-8,16H,4,9-14H2,1-3H3. The van der Waals surface area contributed by atoms with Gasteiger partial charge in [0.15, 0.2) is 0 Å². The molecule has 1 fully saturated rings. The third-order valence-corrected chi connectivity index (χ3v) is 4.21. The third kappa shape index (κ3) is 4.85. The number of amides is 1. The Hall–Kier alpha value is -1.35. The van der Waals surface area contributed by atoms with Crippen LogP contribution in [0.25, 0.3) is 0 Å². The van der Waals surface area contributed by atoms with E-state index in [0.717, 1.165) is 38.5 Å². The minimum atomic E-state index is 0.270. The largest absolute Gasteiger partial charge is 0.337 e. The van der Waals surface area contributed by atoms with E-state index in [-0.39, 0.29) is 5.91 Å². The van der Waals surface area contributed by atoms with Crippen molar-refractivity contribution in [3.63, 3.8) is 0 Å². The number of hydrogen-bond donors (Lipinski definition) is 0. The van der Waals surface area contributed by atoms with Crippen LogP contribution < -0.4 is 0 Å². The van der Waals surface area contributed by atoms with Gasteiger partial charge in [0, 0.05) is 19.6 Å². The number of carbonyl (C=O) groups excluding carboxylic acids is 1. The normalized spacial score (nSPS) is 18.9. The van der Waals surface area contributed by atoms with Crippen molar-refractivity contribution in [2.45, 2.75) is 40.2 Å². The summed E-state index contributed by atoms with van der Waals surface area (Å²) in [7, 11) is 0. The molecule has 0 spiro atoms. The van der Waals surface area contributed by atoms with Crippen LogP contribution in [0.15, 0.2) is 24.3 Å². The summed E-state index contributed by atoms with van der Waals surface area (Å²) in [6, 6.07) is 8.49. The summed E-state index contributed by atoms with van der Waals surface area (Å²) in [5.74, 6) is 1.00. The van der Waals surface area contributed by atoms with Crippen molar-refractivity contribution in [1.29, 1.82) is 0 Å². The average Bonchev–Trinajstić information content (AvgIpc) is 2.86. The van der Waals surface area contributed by atoms with Crippen molar-refractivity contribution in [3.05, 3.63) is 35.4 Å². The lowest BCUT2D eigenvalue weighted by molar-refractivity contribution is -0.132. The second-order valence-corrected chi connectivity index (χ2v) is 6.43. The van der Waals surface area contributed by atoms with Crippen molar-refractivity contribution >= 4 is 5.91 Å². The summed E-state index contributed by atoms with van der Waals surface area (Å²) in [5, 5.41) is 0. The molecule has 1 aliphatic rings. The first-order valence-electron chi connectivity index (χ1n) is 8.14. The van der Waals surface area contributed by atoms with Crippen molar-refractivity contribution in [1.82, 2.24) is 9.80 Å². The lowest BCUT2D eigenvalue weighted by Gasteiger charge is -2.25. The molecule has 1 unspecified atom stereocenters. The number of hydrogen-bond acceptors (Lipinski definition) is 2. The first-order valence-corrected chi connectivity index (χ1v) is 8.14. The molecule has 1 aliphatic heterocycles. The number of benzene rings is 1. The van der Waals surface area contributed by atoms with E-state index < -0.39 is 0 Å². The molecular formula is C18H28N2O. The molecule has 0 aromatic heterocycles. The number of carbonyl (C=O) groups is 1. The highest BCUT2D eigenvalue weighted by atomic mass is 16.2. The Bertz CT molecular complexity index is 455. The maximum absolute atomic E-state index is 12.6. The van der Waals surface area contributed by atoms with E-state index in [2.05, 4.69) is 49.9 Å². The number of rotatable bonds is 6. The first kappa shape index (κ1) is 16.0. The summed E-state index contributed by atoms with van der Waals surface area (Å²) in [5.41, 5.74) is 2.48. The Morgan fingerprint density at radius 3 is 2.62 bits per heavy atom. The van der Waals surface area contributed by atoms with Gasteiger partial charge >= 0.3 is 0 Å². The van der Waals surface area contributed by atoms with Crippen molar-refractivity contribution in [2.75, 3.05) is 26.2 Å². The number of nitrogens with zero attached hydrogens (tertiary/aromatic N) is 2. The van der Waals surface area contributed by atoms with Gasteiger partial charge in [0.2, 0.25) is 5.91 Å².